The number of carboxylic acid groups (broad SMARTS) is 1. The van der Waals surface area contributed by atoms with Crippen molar-refractivity contribution < 1.29 is 19.0 Å². The van der Waals surface area contributed by atoms with Gasteiger partial charge in [0.05, 0.1) is 24.7 Å². The summed E-state index contributed by atoms with van der Waals surface area (Å²) in [6.45, 7) is 2.02. The molecule has 0 saturated carbocycles. The molecule has 2 heterocycles. The maximum Gasteiger partial charge on any atom is 0.303 e. The second-order valence-electron chi connectivity index (χ2n) is 9.31. The van der Waals surface area contributed by atoms with Gasteiger partial charge in [-0.05, 0) is 92.1 Å². The number of halogens is 2. The zero-order valence-corrected chi connectivity index (χ0v) is 21.1. The second kappa shape index (κ2) is 12.2. The van der Waals surface area contributed by atoms with Gasteiger partial charge in [-0.3, -0.25) is 14.7 Å². The van der Waals surface area contributed by atoms with Crippen molar-refractivity contribution in [3.8, 4) is 17.6 Å². The summed E-state index contributed by atoms with van der Waals surface area (Å²) in [7, 11) is 1.66. The zero-order valence-electron chi connectivity index (χ0n) is 20.3. The first-order valence-corrected chi connectivity index (χ1v) is 12.6. The molecule has 188 valence electrons. The summed E-state index contributed by atoms with van der Waals surface area (Å²) >= 11 is 5.80. The Morgan fingerprint density at radius 1 is 1.25 bits per heavy atom. The maximum absolute atomic E-state index is 14.0. The third kappa shape index (κ3) is 6.75. The summed E-state index contributed by atoms with van der Waals surface area (Å²) in [5.41, 5.74) is 2.50. The van der Waals surface area contributed by atoms with Crippen LogP contribution in [-0.2, 0) is 11.2 Å². The van der Waals surface area contributed by atoms with Crippen molar-refractivity contribution in [1.82, 2.24) is 9.88 Å². The zero-order chi connectivity index (χ0) is 25.5. The number of aromatic nitrogens is 1. The number of aliphatic carboxylic acids is 1. The molecule has 0 amide bonds. The molecule has 0 unspecified atom stereocenters. The smallest absolute Gasteiger partial charge is 0.303 e. The van der Waals surface area contributed by atoms with Crippen LogP contribution < -0.4 is 4.74 Å². The van der Waals surface area contributed by atoms with Gasteiger partial charge in [0.15, 0.2) is 0 Å². The van der Waals surface area contributed by atoms with E-state index in [0.717, 1.165) is 48.9 Å². The van der Waals surface area contributed by atoms with Crippen molar-refractivity contribution in [1.29, 1.82) is 0 Å². The van der Waals surface area contributed by atoms with Gasteiger partial charge in [-0.15, -0.1) is 0 Å². The molecule has 36 heavy (non-hydrogen) atoms. The highest BCUT2D eigenvalue weighted by atomic mass is 35.5. The van der Waals surface area contributed by atoms with E-state index in [1.807, 2.05) is 24.4 Å². The number of fused-ring (bicyclic) bond motifs is 1. The molecule has 1 aliphatic heterocycles. The number of pyridine rings is 1. The van der Waals surface area contributed by atoms with Gasteiger partial charge in [0, 0.05) is 29.6 Å². The summed E-state index contributed by atoms with van der Waals surface area (Å²) in [5.74, 6) is 5.94. The lowest BCUT2D eigenvalue weighted by atomic mass is 9.80. The standard InChI is InChI=1S/C29H30ClFN2O3/c1-36-25-9-10-28-26(18-25)21(11-13-32-28)5-2-4-20-12-15-33(19-23(20)16-29(34)35)14-3-6-22-7-8-24(30)17-27(22)31/h7-11,13,17-18,20,23H,2,4-5,12,14-16,19H2,1H3,(H,34,35)/t20-,23+/m1/s1. The molecule has 1 aromatic heterocycles. The number of rotatable bonds is 8. The van der Waals surface area contributed by atoms with Crippen LogP contribution in [0, 0.1) is 29.5 Å². The van der Waals surface area contributed by atoms with Crippen LogP contribution >= 0.6 is 11.6 Å². The van der Waals surface area contributed by atoms with E-state index < -0.39 is 11.8 Å². The van der Waals surface area contributed by atoms with E-state index in [-0.39, 0.29) is 12.3 Å². The van der Waals surface area contributed by atoms with Crippen molar-refractivity contribution in [2.75, 3.05) is 26.7 Å². The van der Waals surface area contributed by atoms with Crippen molar-refractivity contribution in [3.05, 3.63) is 70.6 Å². The highest BCUT2D eigenvalue weighted by Crippen LogP contribution is 2.31. The Bertz CT molecular complexity index is 1290. The van der Waals surface area contributed by atoms with Gasteiger partial charge in [-0.2, -0.15) is 0 Å². The molecule has 1 N–H and O–H groups in total. The van der Waals surface area contributed by atoms with Crippen molar-refractivity contribution >= 4 is 28.5 Å². The molecular weight excluding hydrogens is 479 g/mol. The number of carboxylic acids is 1. The number of likely N-dealkylation sites (tertiary alicyclic amines) is 1. The lowest BCUT2D eigenvalue weighted by Gasteiger charge is -2.37. The minimum Gasteiger partial charge on any atom is -0.497 e. The molecule has 0 bridgehead atoms. The SMILES string of the molecule is COc1ccc2nccc(CCC[C@@H]3CCN(CC#Cc4ccc(Cl)cc4F)C[C@@H]3CC(=O)O)c2c1. The number of methoxy groups -OCH3 is 1. The monoisotopic (exact) mass is 508 g/mol. The molecule has 1 aliphatic rings. The van der Waals surface area contributed by atoms with Crippen LogP contribution in [0.5, 0.6) is 5.75 Å². The van der Waals surface area contributed by atoms with Gasteiger partial charge in [-0.25, -0.2) is 4.39 Å². The largest absolute Gasteiger partial charge is 0.497 e. The lowest BCUT2D eigenvalue weighted by molar-refractivity contribution is -0.139. The Kier molecular flexibility index (Phi) is 8.79. The highest BCUT2D eigenvalue weighted by Gasteiger charge is 2.30. The van der Waals surface area contributed by atoms with Crippen LogP contribution in [0.1, 0.15) is 36.8 Å². The van der Waals surface area contributed by atoms with Crippen LogP contribution in [0.2, 0.25) is 5.02 Å². The first-order chi connectivity index (χ1) is 17.4. The van der Waals surface area contributed by atoms with Crippen molar-refractivity contribution in [2.45, 2.75) is 32.1 Å². The summed E-state index contributed by atoms with van der Waals surface area (Å²) in [4.78, 5) is 18.2. The first kappa shape index (κ1) is 25.9. The summed E-state index contributed by atoms with van der Waals surface area (Å²) in [5, 5.41) is 10.9. The maximum atomic E-state index is 14.0. The fourth-order valence-electron chi connectivity index (χ4n) is 5.05. The Balaban J connectivity index is 1.35. The van der Waals surface area contributed by atoms with Gasteiger partial charge in [0.2, 0.25) is 0 Å². The first-order valence-electron chi connectivity index (χ1n) is 12.2. The quantitative estimate of drug-likeness (QED) is 0.388. The summed E-state index contributed by atoms with van der Waals surface area (Å²) in [6, 6.07) is 12.4. The van der Waals surface area contributed by atoms with Gasteiger partial charge < -0.3 is 9.84 Å². The Labute approximate surface area is 216 Å². The Hall–Kier alpha value is -3.14. The average molecular weight is 509 g/mol. The number of carbonyl (C=O) groups is 1. The highest BCUT2D eigenvalue weighted by molar-refractivity contribution is 6.30. The predicted octanol–water partition coefficient (Wildman–Crippen LogP) is 5.82. The third-order valence-corrected chi connectivity index (χ3v) is 7.16. The molecule has 2 atom stereocenters. The van der Waals surface area contributed by atoms with Gasteiger partial charge in [0.1, 0.15) is 11.6 Å². The normalized spacial score (nSPS) is 18.0. The molecule has 1 saturated heterocycles. The van der Waals surface area contributed by atoms with E-state index in [2.05, 4.69) is 27.8 Å². The molecule has 5 nitrogen and oxygen atoms in total. The topological polar surface area (TPSA) is 62.7 Å². The average Bonchev–Trinajstić information content (AvgIpc) is 2.86. The van der Waals surface area contributed by atoms with Crippen LogP contribution in [0.25, 0.3) is 10.9 Å². The second-order valence-corrected chi connectivity index (χ2v) is 9.75. The van der Waals surface area contributed by atoms with E-state index in [4.69, 9.17) is 16.3 Å². The van der Waals surface area contributed by atoms with Crippen molar-refractivity contribution in [2.24, 2.45) is 11.8 Å². The third-order valence-electron chi connectivity index (χ3n) is 6.93. The molecule has 7 heteroatoms. The van der Waals surface area contributed by atoms with Gasteiger partial charge in [-0.1, -0.05) is 23.4 Å². The number of hydrogen-bond donors (Lipinski definition) is 1. The van der Waals surface area contributed by atoms with E-state index in [1.54, 1.807) is 19.2 Å². The molecule has 4 rings (SSSR count). The van der Waals surface area contributed by atoms with Gasteiger partial charge in [0.25, 0.3) is 0 Å². The Morgan fingerprint density at radius 3 is 2.89 bits per heavy atom. The number of benzene rings is 2. The molecule has 0 radical (unpaired) electrons. The minimum atomic E-state index is -0.770. The molecule has 2 aromatic carbocycles. The number of piperidine rings is 1. The summed E-state index contributed by atoms with van der Waals surface area (Å²) < 4.78 is 19.3. The van der Waals surface area contributed by atoms with Crippen LogP contribution in [-0.4, -0.2) is 47.7 Å². The van der Waals surface area contributed by atoms with E-state index in [9.17, 15) is 14.3 Å². The van der Waals surface area contributed by atoms with E-state index in [0.29, 0.717) is 29.6 Å². The number of nitrogens with zero attached hydrogens (tertiary/aromatic N) is 2. The van der Waals surface area contributed by atoms with Crippen LogP contribution in [0.3, 0.4) is 0 Å². The van der Waals surface area contributed by atoms with Crippen LogP contribution in [0.4, 0.5) is 4.39 Å². The predicted molar refractivity (Wildman–Crippen MR) is 140 cm³/mol. The van der Waals surface area contributed by atoms with Gasteiger partial charge >= 0.3 is 5.97 Å². The Morgan fingerprint density at radius 2 is 2.11 bits per heavy atom. The van der Waals surface area contributed by atoms with E-state index in [1.165, 1.54) is 11.6 Å². The molecule has 3 aromatic rings. The van der Waals surface area contributed by atoms with Crippen LogP contribution in [0.15, 0.2) is 48.7 Å². The lowest BCUT2D eigenvalue weighted by Crippen LogP contribution is -2.41. The number of ether oxygens (including phenoxy) is 1. The van der Waals surface area contributed by atoms with E-state index >= 15 is 0 Å². The number of hydrogen-bond acceptors (Lipinski definition) is 4. The molecular formula is C29H30ClFN2O3. The molecule has 0 aliphatic carbocycles. The molecule has 0 spiro atoms. The fraction of sp³-hybridized carbons (Fsp3) is 0.379. The minimum absolute atomic E-state index is 0.0691. The summed E-state index contributed by atoms with van der Waals surface area (Å²) in [6.07, 6.45) is 5.78. The number of aryl methyl sites for hydroxylation is 1. The fourth-order valence-corrected chi connectivity index (χ4v) is 5.21. The van der Waals surface area contributed by atoms with Crippen molar-refractivity contribution in [3.63, 3.8) is 0 Å². The molecule has 1 fully saturated rings.